The van der Waals surface area contributed by atoms with Gasteiger partial charge in [-0.1, -0.05) is 42.8 Å². The lowest BCUT2D eigenvalue weighted by molar-refractivity contribution is 0.0408. The third-order valence-corrected chi connectivity index (χ3v) is 8.37. The van der Waals surface area contributed by atoms with Gasteiger partial charge in [0, 0.05) is 12.6 Å². The third kappa shape index (κ3) is 2.97. The molecule has 2 aromatic rings. The molecule has 0 heterocycles. The number of nitrogens with one attached hydrogen (secondary N) is 1. The fourth-order valence-corrected chi connectivity index (χ4v) is 6.90. The number of hydrogen-bond donors (Lipinski definition) is 2. The second-order valence-electron chi connectivity index (χ2n) is 9.84. The van der Waals surface area contributed by atoms with E-state index in [1.807, 2.05) is 12.1 Å². The van der Waals surface area contributed by atoms with Crippen LogP contribution in [0.2, 0.25) is 0 Å². The van der Waals surface area contributed by atoms with Crippen molar-refractivity contribution in [1.82, 2.24) is 5.32 Å². The van der Waals surface area contributed by atoms with Crippen LogP contribution in [0, 0.1) is 24.2 Å². The maximum atomic E-state index is 9.51. The highest BCUT2D eigenvalue weighted by molar-refractivity contribution is 5.38. The Bertz CT molecular complexity index is 857. The lowest BCUT2D eigenvalue weighted by Crippen LogP contribution is -2.48. The lowest BCUT2D eigenvalue weighted by Gasteiger charge is -2.51. The van der Waals surface area contributed by atoms with Gasteiger partial charge in [0.2, 0.25) is 0 Å². The molecule has 3 unspecified atom stereocenters. The van der Waals surface area contributed by atoms with Crippen molar-refractivity contribution in [2.45, 2.75) is 70.9 Å². The first kappa shape index (κ1) is 18.2. The third-order valence-electron chi connectivity index (χ3n) is 8.37. The van der Waals surface area contributed by atoms with Crippen LogP contribution in [0.25, 0.3) is 0 Å². The molecule has 28 heavy (non-hydrogen) atoms. The molecule has 2 saturated carbocycles. The number of aromatic hydroxyl groups is 1. The summed E-state index contributed by atoms with van der Waals surface area (Å²) in [4.78, 5) is 0. The fraction of sp³-hybridized carbons (Fsp3) is 0.538. The van der Waals surface area contributed by atoms with Crippen molar-refractivity contribution < 1.29 is 5.11 Å². The van der Waals surface area contributed by atoms with Crippen molar-refractivity contribution in [3.63, 3.8) is 0 Å². The molecule has 148 valence electrons. The fourth-order valence-electron chi connectivity index (χ4n) is 6.90. The van der Waals surface area contributed by atoms with Gasteiger partial charge in [-0.25, -0.2) is 0 Å². The standard InChI is InChI=1S/C26H33NO/c1-17-3-9-21-19(15-17)6-10-23-22(21)13-14-26(2)24(23)11-12-25(26)27-16-18-4-7-20(28)8-5-18/h3-5,7-9,15,22-25,27-28H,6,10-14,16H2,1-2H3/t22?,23?,24?,25-,26+/m1/s1. The molecule has 2 fully saturated rings. The van der Waals surface area contributed by atoms with Crippen LogP contribution in [0.15, 0.2) is 42.5 Å². The van der Waals surface area contributed by atoms with Gasteiger partial charge >= 0.3 is 0 Å². The van der Waals surface area contributed by atoms with E-state index in [1.165, 1.54) is 49.7 Å². The zero-order chi connectivity index (χ0) is 19.3. The SMILES string of the molecule is Cc1ccc2c(c1)CCC1C2CC[C@@]2(C)C1CC[C@H]2NCc1ccc(O)cc1. The van der Waals surface area contributed by atoms with Crippen LogP contribution in [0.4, 0.5) is 0 Å². The molecule has 5 rings (SSSR count). The summed E-state index contributed by atoms with van der Waals surface area (Å²) in [6.07, 6.45) is 8.04. The minimum atomic E-state index is 0.350. The van der Waals surface area contributed by atoms with Gasteiger partial charge in [-0.3, -0.25) is 0 Å². The van der Waals surface area contributed by atoms with Crippen molar-refractivity contribution in [2.75, 3.05) is 0 Å². The van der Waals surface area contributed by atoms with Crippen LogP contribution < -0.4 is 5.32 Å². The van der Waals surface area contributed by atoms with Crippen molar-refractivity contribution in [1.29, 1.82) is 0 Å². The number of phenols is 1. The second-order valence-corrected chi connectivity index (χ2v) is 9.84. The molecular formula is C26H33NO. The molecule has 0 saturated heterocycles. The zero-order valence-electron chi connectivity index (χ0n) is 17.2. The number of aryl methyl sites for hydroxylation is 2. The molecular weight excluding hydrogens is 342 g/mol. The Labute approximate surface area is 169 Å². The summed E-state index contributed by atoms with van der Waals surface area (Å²) in [7, 11) is 0. The maximum absolute atomic E-state index is 9.51. The number of fused-ring (bicyclic) bond motifs is 5. The first-order valence-electron chi connectivity index (χ1n) is 11.2. The van der Waals surface area contributed by atoms with Gasteiger partial charge in [-0.15, -0.1) is 0 Å². The van der Waals surface area contributed by atoms with Crippen molar-refractivity contribution >= 4 is 0 Å². The molecule has 2 aromatic carbocycles. The molecule has 0 amide bonds. The van der Waals surface area contributed by atoms with E-state index in [-0.39, 0.29) is 0 Å². The molecule has 3 aliphatic carbocycles. The van der Waals surface area contributed by atoms with Crippen LogP contribution in [0.5, 0.6) is 5.75 Å². The summed E-state index contributed by atoms with van der Waals surface area (Å²) in [5, 5.41) is 13.4. The molecule has 0 aliphatic heterocycles. The molecule has 0 radical (unpaired) electrons. The molecule has 2 heteroatoms. The summed E-state index contributed by atoms with van der Waals surface area (Å²) in [6, 6.07) is 15.5. The van der Waals surface area contributed by atoms with Crippen LogP contribution in [0.3, 0.4) is 0 Å². The minimum absolute atomic E-state index is 0.350. The Balaban J connectivity index is 1.32. The zero-order valence-corrected chi connectivity index (χ0v) is 17.2. The van der Waals surface area contributed by atoms with E-state index >= 15 is 0 Å². The van der Waals surface area contributed by atoms with E-state index < -0.39 is 0 Å². The highest BCUT2D eigenvalue weighted by Gasteiger charge is 2.54. The maximum Gasteiger partial charge on any atom is 0.115 e. The average molecular weight is 376 g/mol. The summed E-state index contributed by atoms with van der Waals surface area (Å²) in [6.45, 7) is 5.70. The molecule has 3 aliphatic rings. The summed E-state index contributed by atoms with van der Waals surface area (Å²) < 4.78 is 0. The van der Waals surface area contributed by atoms with Crippen LogP contribution >= 0.6 is 0 Å². The van der Waals surface area contributed by atoms with Gasteiger partial charge in [0.25, 0.3) is 0 Å². The first-order chi connectivity index (χ1) is 13.5. The Hall–Kier alpha value is -1.80. The van der Waals surface area contributed by atoms with E-state index in [0.717, 1.165) is 24.3 Å². The van der Waals surface area contributed by atoms with E-state index in [0.29, 0.717) is 17.2 Å². The predicted molar refractivity (Wildman–Crippen MR) is 115 cm³/mol. The second kappa shape index (κ2) is 6.91. The topological polar surface area (TPSA) is 32.3 Å². The van der Waals surface area contributed by atoms with Gasteiger partial charge in [0.1, 0.15) is 5.75 Å². The molecule has 0 spiro atoms. The smallest absolute Gasteiger partial charge is 0.115 e. The quantitative estimate of drug-likeness (QED) is 0.719. The highest BCUT2D eigenvalue weighted by atomic mass is 16.3. The monoisotopic (exact) mass is 375 g/mol. The van der Waals surface area contributed by atoms with Crippen LogP contribution in [-0.2, 0) is 13.0 Å². The van der Waals surface area contributed by atoms with Crippen molar-refractivity contribution in [3.8, 4) is 5.75 Å². The summed E-state index contributed by atoms with van der Waals surface area (Å²) >= 11 is 0. The molecule has 2 N–H and O–H groups in total. The first-order valence-corrected chi connectivity index (χ1v) is 11.2. The number of benzene rings is 2. The summed E-state index contributed by atoms with van der Waals surface area (Å²) in [5.41, 5.74) is 6.41. The van der Waals surface area contributed by atoms with Gasteiger partial charge in [0.15, 0.2) is 0 Å². The lowest BCUT2D eigenvalue weighted by atomic mass is 9.55. The van der Waals surface area contributed by atoms with E-state index in [1.54, 1.807) is 23.3 Å². The Morgan fingerprint density at radius 1 is 1.04 bits per heavy atom. The van der Waals surface area contributed by atoms with Crippen LogP contribution in [-0.4, -0.2) is 11.1 Å². The van der Waals surface area contributed by atoms with Gasteiger partial charge in [-0.05, 0) is 97.4 Å². The van der Waals surface area contributed by atoms with Crippen molar-refractivity contribution in [2.24, 2.45) is 17.3 Å². The number of rotatable bonds is 3. The summed E-state index contributed by atoms with van der Waals surface area (Å²) in [5.74, 6) is 2.87. The normalized spacial score (nSPS) is 33.8. The van der Waals surface area contributed by atoms with Gasteiger partial charge < -0.3 is 10.4 Å². The minimum Gasteiger partial charge on any atom is -0.508 e. The van der Waals surface area contributed by atoms with Gasteiger partial charge in [-0.2, -0.15) is 0 Å². The number of hydrogen-bond acceptors (Lipinski definition) is 2. The Morgan fingerprint density at radius 2 is 1.86 bits per heavy atom. The Morgan fingerprint density at radius 3 is 2.68 bits per heavy atom. The van der Waals surface area contributed by atoms with Gasteiger partial charge in [0.05, 0.1) is 0 Å². The molecule has 2 nitrogen and oxygen atoms in total. The van der Waals surface area contributed by atoms with Crippen LogP contribution in [0.1, 0.15) is 67.2 Å². The van der Waals surface area contributed by atoms with Crippen molar-refractivity contribution in [3.05, 3.63) is 64.7 Å². The molecule has 0 bridgehead atoms. The molecule has 0 aromatic heterocycles. The largest absolute Gasteiger partial charge is 0.508 e. The number of phenolic OH excluding ortho intramolecular Hbond substituents is 1. The van der Waals surface area contributed by atoms with E-state index in [9.17, 15) is 5.11 Å². The Kier molecular flexibility index (Phi) is 4.50. The highest BCUT2D eigenvalue weighted by Crippen LogP contribution is 2.60. The van der Waals surface area contributed by atoms with E-state index in [4.69, 9.17) is 0 Å². The van der Waals surface area contributed by atoms with E-state index in [2.05, 4.69) is 37.4 Å². The predicted octanol–water partition coefficient (Wildman–Crippen LogP) is 5.72. The molecule has 5 atom stereocenters. The average Bonchev–Trinajstić information content (AvgIpc) is 3.03.